The van der Waals surface area contributed by atoms with Crippen LogP contribution in [0.15, 0.2) is 0 Å². The Kier molecular flexibility index (Phi) is 3.84. The minimum Gasteiger partial charge on any atom is -0.480 e. The van der Waals surface area contributed by atoms with E-state index in [0.717, 1.165) is 24.5 Å². The van der Waals surface area contributed by atoms with Gasteiger partial charge in [-0.3, -0.25) is 9.69 Å². The second-order valence-corrected chi connectivity index (χ2v) is 5.12. The fourth-order valence-corrected chi connectivity index (χ4v) is 3.63. The highest BCUT2D eigenvalue weighted by atomic mass is 32.2. The first-order valence-electron chi connectivity index (χ1n) is 5.12. The van der Waals surface area contributed by atoms with E-state index < -0.39 is 11.5 Å². The predicted octanol–water partition coefficient (Wildman–Crippen LogP) is 1.68. The number of aliphatic carboxylic acids is 1. The van der Waals surface area contributed by atoms with Gasteiger partial charge in [0.05, 0.1) is 0 Å². The number of thioether (sulfide) groups is 1. The van der Waals surface area contributed by atoms with Gasteiger partial charge in [-0.25, -0.2) is 0 Å². The summed E-state index contributed by atoms with van der Waals surface area (Å²) in [7, 11) is 0. The van der Waals surface area contributed by atoms with Gasteiger partial charge in [0.1, 0.15) is 5.54 Å². The molecule has 0 aromatic rings. The molecule has 1 aliphatic rings. The fourth-order valence-electron chi connectivity index (χ4n) is 2.23. The Morgan fingerprint density at radius 3 is 2.57 bits per heavy atom. The molecule has 1 rings (SSSR count). The van der Waals surface area contributed by atoms with Gasteiger partial charge in [0.25, 0.3) is 0 Å². The summed E-state index contributed by atoms with van der Waals surface area (Å²) in [6.45, 7) is 6.98. The van der Waals surface area contributed by atoms with Crippen molar-refractivity contribution in [3.63, 3.8) is 0 Å². The van der Waals surface area contributed by atoms with Crippen LogP contribution in [-0.4, -0.2) is 45.6 Å². The molecule has 0 bridgehead atoms. The SMILES string of the molecule is CCN(C(C)C)C1(C(=O)O)CCSC1. The Balaban J connectivity index is 2.90. The summed E-state index contributed by atoms with van der Waals surface area (Å²) in [4.78, 5) is 13.5. The molecule has 0 saturated carbocycles. The molecule has 1 fully saturated rings. The van der Waals surface area contributed by atoms with E-state index in [9.17, 15) is 9.90 Å². The Hall–Kier alpha value is -0.220. The Labute approximate surface area is 89.9 Å². The van der Waals surface area contributed by atoms with Gasteiger partial charge in [0.15, 0.2) is 0 Å². The highest BCUT2D eigenvalue weighted by Crippen LogP contribution is 2.34. The lowest BCUT2D eigenvalue weighted by Gasteiger charge is -2.39. The molecule has 3 nitrogen and oxygen atoms in total. The molecule has 1 heterocycles. The minimum atomic E-state index is -0.655. The van der Waals surface area contributed by atoms with Crippen LogP contribution in [0.3, 0.4) is 0 Å². The van der Waals surface area contributed by atoms with Crippen LogP contribution in [0.25, 0.3) is 0 Å². The number of carboxylic acid groups (broad SMARTS) is 1. The van der Waals surface area contributed by atoms with Gasteiger partial charge in [-0.15, -0.1) is 0 Å². The third kappa shape index (κ3) is 1.91. The number of nitrogens with zero attached hydrogens (tertiary/aromatic N) is 1. The average molecular weight is 217 g/mol. The molecule has 0 radical (unpaired) electrons. The van der Waals surface area contributed by atoms with Crippen molar-refractivity contribution in [1.82, 2.24) is 4.90 Å². The zero-order chi connectivity index (χ0) is 10.8. The molecule has 1 aliphatic heterocycles. The molecule has 0 aromatic heterocycles. The summed E-state index contributed by atoms with van der Waals surface area (Å²) < 4.78 is 0. The zero-order valence-corrected chi connectivity index (χ0v) is 9.93. The zero-order valence-electron chi connectivity index (χ0n) is 9.12. The Morgan fingerprint density at radius 2 is 2.29 bits per heavy atom. The van der Waals surface area contributed by atoms with E-state index in [1.807, 2.05) is 6.92 Å². The normalized spacial score (nSPS) is 27.5. The molecule has 4 heteroatoms. The molecule has 0 amide bonds. The smallest absolute Gasteiger partial charge is 0.325 e. The summed E-state index contributed by atoms with van der Waals surface area (Å²) in [5.41, 5.74) is -0.604. The fraction of sp³-hybridized carbons (Fsp3) is 0.900. The molecule has 1 unspecified atom stereocenters. The molecular formula is C10H19NO2S. The van der Waals surface area contributed by atoms with Crippen LogP contribution < -0.4 is 0 Å². The second kappa shape index (κ2) is 4.53. The highest BCUT2D eigenvalue weighted by molar-refractivity contribution is 7.99. The van der Waals surface area contributed by atoms with Gasteiger partial charge in [-0.2, -0.15) is 11.8 Å². The third-order valence-corrected chi connectivity index (χ3v) is 4.09. The van der Waals surface area contributed by atoms with Crippen molar-refractivity contribution < 1.29 is 9.90 Å². The van der Waals surface area contributed by atoms with Crippen LogP contribution in [-0.2, 0) is 4.79 Å². The predicted molar refractivity (Wildman–Crippen MR) is 59.8 cm³/mol. The lowest BCUT2D eigenvalue weighted by atomic mass is 9.95. The molecule has 1 saturated heterocycles. The summed E-state index contributed by atoms with van der Waals surface area (Å²) >= 11 is 1.75. The van der Waals surface area contributed by atoms with Crippen LogP contribution >= 0.6 is 11.8 Å². The molecule has 0 aliphatic carbocycles. The number of rotatable bonds is 4. The quantitative estimate of drug-likeness (QED) is 0.778. The lowest BCUT2D eigenvalue weighted by molar-refractivity contribution is -0.151. The number of carbonyl (C=O) groups is 1. The topological polar surface area (TPSA) is 40.5 Å². The maximum atomic E-state index is 11.4. The molecule has 0 spiro atoms. The monoisotopic (exact) mass is 217 g/mol. The van der Waals surface area contributed by atoms with Gasteiger partial charge >= 0.3 is 5.97 Å². The third-order valence-electron chi connectivity index (χ3n) is 2.91. The summed E-state index contributed by atoms with van der Waals surface area (Å²) in [5, 5.41) is 9.36. The maximum absolute atomic E-state index is 11.4. The van der Waals surface area contributed by atoms with Gasteiger partial charge in [-0.1, -0.05) is 6.92 Å². The lowest BCUT2D eigenvalue weighted by Crippen LogP contribution is -2.57. The largest absolute Gasteiger partial charge is 0.480 e. The van der Waals surface area contributed by atoms with Gasteiger partial charge in [0.2, 0.25) is 0 Å². The van der Waals surface area contributed by atoms with Crippen molar-refractivity contribution in [3.05, 3.63) is 0 Å². The first-order valence-corrected chi connectivity index (χ1v) is 6.28. The van der Waals surface area contributed by atoms with E-state index in [4.69, 9.17) is 0 Å². The van der Waals surface area contributed by atoms with E-state index in [1.165, 1.54) is 0 Å². The van der Waals surface area contributed by atoms with Crippen molar-refractivity contribution in [2.24, 2.45) is 0 Å². The maximum Gasteiger partial charge on any atom is 0.325 e. The van der Waals surface area contributed by atoms with Crippen LogP contribution in [0.2, 0.25) is 0 Å². The van der Waals surface area contributed by atoms with Crippen LogP contribution in [0.5, 0.6) is 0 Å². The van der Waals surface area contributed by atoms with Crippen LogP contribution in [0.1, 0.15) is 27.2 Å². The molecule has 1 atom stereocenters. The summed E-state index contributed by atoms with van der Waals surface area (Å²) in [6.07, 6.45) is 0.777. The van der Waals surface area contributed by atoms with Gasteiger partial charge < -0.3 is 5.11 Å². The number of carboxylic acids is 1. The first-order chi connectivity index (χ1) is 6.54. The molecule has 14 heavy (non-hydrogen) atoms. The van der Waals surface area contributed by atoms with Crippen molar-refractivity contribution in [1.29, 1.82) is 0 Å². The van der Waals surface area contributed by atoms with E-state index in [-0.39, 0.29) is 0 Å². The van der Waals surface area contributed by atoms with Crippen LogP contribution in [0, 0.1) is 0 Å². The summed E-state index contributed by atoms with van der Waals surface area (Å²) in [5.74, 6) is 1.04. The number of hydrogen-bond acceptors (Lipinski definition) is 3. The van der Waals surface area contributed by atoms with Crippen molar-refractivity contribution in [3.8, 4) is 0 Å². The van der Waals surface area contributed by atoms with Crippen molar-refractivity contribution in [2.45, 2.75) is 38.8 Å². The second-order valence-electron chi connectivity index (χ2n) is 4.02. The van der Waals surface area contributed by atoms with Crippen LogP contribution in [0.4, 0.5) is 0 Å². The first kappa shape index (κ1) is 11.9. The number of hydrogen-bond donors (Lipinski definition) is 1. The van der Waals surface area contributed by atoms with E-state index >= 15 is 0 Å². The molecular weight excluding hydrogens is 198 g/mol. The van der Waals surface area contributed by atoms with Gasteiger partial charge in [-0.05, 0) is 32.6 Å². The molecule has 1 N–H and O–H groups in total. The Morgan fingerprint density at radius 1 is 1.64 bits per heavy atom. The molecule has 0 aromatic carbocycles. The highest BCUT2D eigenvalue weighted by Gasteiger charge is 2.47. The average Bonchev–Trinajstić information content (AvgIpc) is 2.54. The van der Waals surface area contributed by atoms with Crippen molar-refractivity contribution >= 4 is 17.7 Å². The van der Waals surface area contributed by atoms with Gasteiger partial charge in [0, 0.05) is 11.8 Å². The summed E-state index contributed by atoms with van der Waals surface area (Å²) in [6, 6.07) is 0.301. The van der Waals surface area contributed by atoms with E-state index in [2.05, 4.69) is 18.7 Å². The number of likely N-dealkylation sites (N-methyl/N-ethyl adjacent to an activating group) is 1. The standard InChI is InChI=1S/C10H19NO2S/c1-4-11(8(2)3)10(9(12)13)5-6-14-7-10/h8H,4-7H2,1-3H3,(H,12,13). The van der Waals surface area contributed by atoms with Crippen molar-refractivity contribution in [2.75, 3.05) is 18.1 Å². The minimum absolute atomic E-state index is 0.301. The van der Waals surface area contributed by atoms with E-state index in [0.29, 0.717) is 6.04 Å². The van der Waals surface area contributed by atoms with E-state index in [1.54, 1.807) is 11.8 Å². The molecule has 82 valence electrons. The Bertz CT molecular complexity index is 212.